The van der Waals surface area contributed by atoms with Gasteiger partial charge in [-0.25, -0.2) is 4.68 Å². The number of rotatable bonds is 1. The van der Waals surface area contributed by atoms with Crippen LogP contribution >= 0.6 is 11.3 Å². The molecule has 0 atom stereocenters. The Morgan fingerprint density at radius 2 is 2.19 bits per heavy atom. The average molecular weight is 230 g/mol. The molecule has 0 fully saturated rings. The number of fused-ring (bicyclic) bond motifs is 1. The Morgan fingerprint density at radius 1 is 1.31 bits per heavy atom. The van der Waals surface area contributed by atoms with Crippen LogP contribution in [-0.2, 0) is 0 Å². The summed E-state index contributed by atoms with van der Waals surface area (Å²) in [7, 11) is 0. The number of hydrogen-bond acceptors (Lipinski definition) is 4. The van der Waals surface area contributed by atoms with Crippen molar-refractivity contribution in [1.29, 1.82) is 0 Å². The minimum absolute atomic E-state index is 0.477. The van der Waals surface area contributed by atoms with Crippen molar-refractivity contribution in [3.8, 4) is 5.69 Å². The zero-order chi connectivity index (χ0) is 11.1. The highest BCUT2D eigenvalue weighted by molar-refractivity contribution is 7.17. The van der Waals surface area contributed by atoms with Crippen LogP contribution in [0, 0.1) is 6.92 Å². The number of nitrogen functional groups attached to an aromatic ring is 1. The first-order valence-electron chi connectivity index (χ1n) is 4.91. The molecule has 0 bridgehead atoms. The quantitative estimate of drug-likeness (QED) is 0.698. The molecule has 0 aliphatic rings. The Labute approximate surface area is 96.3 Å². The van der Waals surface area contributed by atoms with Gasteiger partial charge >= 0.3 is 0 Å². The second-order valence-electron chi connectivity index (χ2n) is 3.61. The molecule has 2 aromatic heterocycles. The van der Waals surface area contributed by atoms with Crippen LogP contribution in [0.5, 0.6) is 0 Å². The predicted octanol–water partition coefficient (Wildman–Crippen LogP) is 2.37. The highest BCUT2D eigenvalue weighted by Gasteiger charge is 2.07. The van der Waals surface area contributed by atoms with Gasteiger partial charge in [0, 0.05) is 4.70 Å². The minimum atomic E-state index is 0.477. The monoisotopic (exact) mass is 230 g/mol. The number of thiophene rings is 1. The lowest BCUT2D eigenvalue weighted by Crippen LogP contribution is -1.99. The number of aromatic nitrogens is 3. The number of nitrogens with zero attached hydrogens (tertiary/aromatic N) is 3. The van der Waals surface area contributed by atoms with Crippen LogP contribution < -0.4 is 5.73 Å². The molecule has 0 radical (unpaired) electrons. The topological polar surface area (TPSA) is 56.7 Å². The van der Waals surface area contributed by atoms with Gasteiger partial charge in [0.1, 0.15) is 0 Å². The maximum absolute atomic E-state index is 5.68. The third-order valence-corrected chi connectivity index (χ3v) is 3.51. The molecule has 3 aromatic rings. The van der Waals surface area contributed by atoms with E-state index in [0.717, 1.165) is 11.4 Å². The van der Waals surface area contributed by atoms with Gasteiger partial charge in [-0.2, -0.15) is 0 Å². The molecule has 0 amide bonds. The van der Waals surface area contributed by atoms with Gasteiger partial charge < -0.3 is 5.73 Å². The molecule has 16 heavy (non-hydrogen) atoms. The van der Waals surface area contributed by atoms with Gasteiger partial charge in [0.15, 0.2) is 5.82 Å². The van der Waals surface area contributed by atoms with Crippen molar-refractivity contribution in [2.24, 2.45) is 0 Å². The van der Waals surface area contributed by atoms with Crippen LogP contribution in [0.15, 0.2) is 29.6 Å². The standard InChI is InChI=1S/C11H10N4S/c1-7-11(12)13-14-15(7)9-2-3-10-8(6-9)4-5-16-10/h2-6H,12H2,1H3. The van der Waals surface area contributed by atoms with Crippen molar-refractivity contribution < 1.29 is 0 Å². The Kier molecular flexibility index (Phi) is 1.94. The molecular formula is C11H10N4S. The lowest BCUT2D eigenvalue weighted by Gasteiger charge is -2.02. The zero-order valence-corrected chi connectivity index (χ0v) is 9.53. The second-order valence-corrected chi connectivity index (χ2v) is 4.56. The molecule has 4 nitrogen and oxygen atoms in total. The van der Waals surface area contributed by atoms with Crippen LogP contribution in [0.2, 0.25) is 0 Å². The lowest BCUT2D eigenvalue weighted by molar-refractivity contribution is 0.786. The van der Waals surface area contributed by atoms with Gasteiger partial charge in [-0.15, -0.1) is 16.4 Å². The van der Waals surface area contributed by atoms with Crippen molar-refractivity contribution >= 4 is 27.2 Å². The predicted molar refractivity (Wildman–Crippen MR) is 65.9 cm³/mol. The third-order valence-electron chi connectivity index (χ3n) is 2.61. The van der Waals surface area contributed by atoms with E-state index in [1.54, 1.807) is 16.0 Å². The van der Waals surface area contributed by atoms with Gasteiger partial charge in [-0.05, 0) is 42.0 Å². The first kappa shape index (κ1) is 9.35. The molecule has 2 N–H and O–H groups in total. The Bertz CT molecular complexity index is 653. The van der Waals surface area contributed by atoms with Crippen LogP contribution in [0.25, 0.3) is 15.8 Å². The van der Waals surface area contributed by atoms with Gasteiger partial charge in [0.2, 0.25) is 0 Å². The maximum atomic E-state index is 5.68. The summed E-state index contributed by atoms with van der Waals surface area (Å²) < 4.78 is 3.03. The minimum Gasteiger partial charge on any atom is -0.381 e. The van der Waals surface area contributed by atoms with Crippen LogP contribution in [0.1, 0.15) is 5.69 Å². The summed E-state index contributed by atoms with van der Waals surface area (Å²) in [4.78, 5) is 0. The number of benzene rings is 1. The average Bonchev–Trinajstić information content (AvgIpc) is 2.86. The summed E-state index contributed by atoms with van der Waals surface area (Å²) in [6.45, 7) is 1.91. The van der Waals surface area contributed by atoms with E-state index in [1.165, 1.54) is 10.1 Å². The van der Waals surface area contributed by atoms with Crippen molar-refractivity contribution in [3.05, 3.63) is 35.3 Å². The molecule has 3 rings (SSSR count). The molecule has 0 saturated carbocycles. The lowest BCUT2D eigenvalue weighted by atomic mass is 10.2. The normalized spacial score (nSPS) is 11.1. The Hall–Kier alpha value is -1.88. The molecule has 0 aliphatic carbocycles. The molecule has 2 heterocycles. The molecular weight excluding hydrogens is 220 g/mol. The fourth-order valence-electron chi connectivity index (χ4n) is 1.67. The van der Waals surface area contributed by atoms with Gasteiger partial charge in [0.05, 0.1) is 11.4 Å². The van der Waals surface area contributed by atoms with E-state index in [2.05, 4.69) is 33.9 Å². The smallest absolute Gasteiger partial charge is 0.169 e. The molecule has 0 spiro atoms. The third kappa shape index (κ3) is 1.29. The number of nitrogens with two attached hydrogens (primary N) is 1. The largest absolute Gasteiger partial charge is 0.381 e. The van der Waals surface area contributed by atoms with Crippen molar-refractivity contribution in [3.63, 3.8) is 0 Å². The summed E-state index contributed by atoms with van der Waals surface area (Å²) in [6, 6.07) is 8.30. The zero-order valence-electron chi connectivity index (χ0n) is 8.71. The molecule has 0 unspecified atom stereocenters. The van der Waals surface area contributed by atoms with E-state index in [1.807, 2.05) is 13.0 Å². The van der Waals surface area contributed by atoms with E-state index in [4.69, 9.17) is 5.73 Å². The van der Waals surface area contributed by atoms with Gasteiger partial charge in [-0.3, -0.25) is 0 Å². The Balaban J connectivity index is 2.21. The molecule has 1 aromatic carbocycles. The molecule has 0 saturated heterocycles. The second kappa shape index (κ2) is 3.31. The SMILES string of the molecule is Cc1c(N)nnn1-c1ccc2sccc2c1. The number of hydrogen-bond donors (Lipinski definition) is 1. The summed E-state index contributed by atoms with van der Waals surface area (Å²) in [5.74, 6) is 0.477. The van der Waals surface area contributed by atoms with E-state index >= 15 is 0 Å². The van der Waals surface area contributed by atoms with Crippen LogP contribution in [0.4, 0.5) is 5.82 Å². The van der Waals surface area contributed by atoms with Crippen molar-refractivity contribution in [2.45, 2.75) is 6.92 Å². The van der Waals surface area contributed by atoms with E-state index in [-0.39, 0.29) is 0 Å². The Morgan fingerprint density at radius 3 is 2.94 bits per heavy atom. The summed E-state index contributed by atoms with van der Waals surface area (Å²) in [5, 5.41) is 11.2. The fourth-order valence-corrected chi connectivity index (χ4v) is 2.44. The van der Waals surface area contributed by atoms with Gasteiger partial charge in [0.25, 0.3) is 0 Å². The van der Waals surface area contributed by atoms with Gasteiger partial charge in [-0.1, -0.05) is 5.21 Å². The first-order valence-corrected chi connectivity index (χ1v) is 5.79. The van der Waals surface area contributed by atoms with E-state index < -0.39 is 0 Å². The molecule has 80 valence electrons. The molecule has 0 aliphatic heterocycles. The molecule has 5 heteroatoms. The highest BCUT2D eigenvalue weighted by Crippen LogP contribution is 2.24. The van der Waals surface area contributed by atoms with Crippen molar-refractivity contribution in [2.75, 3.05) is 5.73 Å². The van der Waals surface area contributed by atoms with Crippen molar-refractivity contribution in [1.82, 2.24) is 15.0 Å². The maximum Gasteiger partial charge on any atom is 0.169 e. The summed E-state index contributed by atoms with van der Waals surface area (Å²) in [6.07, 6.45) is 0. The van der Waals surface area contributed by atoms with E-state index in [9.17, 15) is 0 Å². The highest BCUT2D eigenvalue weighted by atomic mass is 32.1. The fraction of sp³-hybridized carbons (Fsp3) is 0.0909. The van der Waals surface area contributed by atoms with E-state index in [0.29, 0.717) is 5.82 Å². The summed E-state index contributed by atoms with van der Waals surface area (Å²) >= 11 is 1.73. The van der Waals surface area contributed by atoms with Crippen LogP contribution in [-0.4, -0.2) is 15.0 Å². The number of anilines is 1. The van der Waals surface area contributed by atoms with Crippen LogP contribution in [0.3, 0.4) is 0 Å². The first-order chi connectivity index (χ1) is 7.75. The summed E-state index contributed by atoms with van der Waals surface area (Å²) in [5.41, 5.74) is 7.54.